The van der Waals surface area contributed by atoms with Crippen LogP contribution in [0.4, 0.5) is 0 Å². The molecule has 0 fully saturated rings. The summed E-state index contributed by atoms with van der Waals surface area (Å²) in [6, 6.07) is 26.3. The normalized spacial score (nSPS) is 12.6. The highest BCUT2D eigenvalue weighted by molar-refractivity contribution is 7.99. The van der Waals surface area contributed by atoms with Crippen molar-refractivity contribution in [1.29, 1.82) is 0 Å². The van der Waals surface area contributed by atoms with Crippen LogP contribution in [0.1, 0.15) is 43.9 Å². The number of nitrogens with one attached hydrogen (secondary N) is 1. The molecule has 0 bridgehead atoms. The fourth-order valence-corrected chi connectivity index (χ4v) is 5.34. The van der Waals surface area contributed by atoms with Crippen molar-refractivity contribution in [2.45, 2.75) is 37.9 Å². The zero-order chi connectivity index (χ0) is 25.7. The Bertz CT molecular complexity index is 1290. The van der Waals surface area contributed by atoms with Gasteiger partial charge in [-0.3, -0.25) is 4.79 Å². The summed E-state index contributed by atoms with van der Waals surface area (Å²) in [6.45, 7) is 6.18. The largest absolute Gasteiger partial charge is 0.480 e. The zero-order valence-corrected chi connectivity index (χ0v) is 21.5. The molecule has 2 N–H and O–H groups in total. The summed E-state index contributed by atoms with van der Waals surface area (Å²) >= 11 is 1.45. The lowest BCUT2D eigenvalue weighted by molar-refractivity contribution is -0.144. The number of benzene rings is 3. The number of aromatic nitrogens is 2. The molecule has 4 rings (SSSR count). The maximum absolute atomic E-state index is 13.3. The van der Waals surface area contributed by atoms with Crippen molar-refractivity contribution in [3.05, 3.63) is 96.1 Å². The van der Waals surface area contributed by atoms with Gasteiger partial charge >= 0.3 is 5.97 Å². The second kappa shape index (κ2) is 11.0. The van der Waals surface area contributed by atoms with E-state index < -0.39 is 23.3 Å². The first kappa shape index (κ1) is 25.5. The lowest BCUT2D eigenvalue weighted by Gasteiger charge is -2.29. The molecule has 0 aliphatic carbocycles. The fourth-order valence-electron chi connectivity index (χ4n) is 4.45. The number of hydrogen-bond donors (Lipinski definition) is 2. The van der Waals surface area contributed by atoms with Gasteiger partial charge in [-0.05, 0) is 28.7 Å². The number of carbonyl (C=O) groups excluding carboxylic acids is 1. The molecule has 0 aliphatic rings. The number of amides is 1. The minimum Gasteiger partial charge on any atom is -0.480 e. The van der Waals surface area contributed by atoms with Crippen LogP contribution in [0.15, 0.2) is 90.1 Å². The molecule has 6 nitrogen and oxygen atoms in total. The minimum atomic E-state index is -0.894. The second-order valence-electron chi connectivity index (χ2n) is 9.75. The third-order valence-electron chi connectivity index (χ3n) is 6.04. The quantitative estimate of drug-likeness (QED) is 0.225. The highest BCUT2D eigenvalue weighted by Crippen LogP contribution is 2.37. The van der Waals surface area contributed by atoms with E-state index >= 15 is 0 Å². The molecular weight excluding hydrogens is 470 g/mol. The van der Waals surface area contributed by atoms with Crippen LogP contribution in [0.5, 0.6) is 0 Å². The van der Waals surface area contributed by atoms with Crippen molar-refractivity contribution < 1.29 is 14.7 Å². The van der Waals surface area contributed by atoms with Gasteiger partial charge in [-0.25, -0.2) is 9.78 Å². The molecule has 7 heteroatoms. The number of para-hydroxylation sites is 2. The van der Waals surface area contributed by atoms with Crippen molar-refractivity contribution in [2.24, 2.45) is 5.41 Å². The lowest BCUT2D eigenvalue weighted by atomic mass is 9.86. The van der Waals surface area contributed by atoms with Crippen LogP contribution in [0.2, 0.25) is 0 Å². The van der Waals surface area contributed by atoms with Crippen LogP contribution in [-0.4, -0.2) is 38.8 Å². The Balaban J connectivity index is 1.51. The predicted octanol–water partition coefficient (Wildman–Crippen LogP) is 5.75. The van der Waals surface area contributed by atoms with Crippen LogP contribution in [0.3, 0.4) is 0 Å². The summed E-state index contributed by atoms with van der Waals surface area (Å²) in [5.74, 6) is -0.810. The molecule has 0 aliphatic heterocycles. The predicted molar refractivity (Wildman–Crippen MR) is 144 cm³/mol. The molecule has 36 heavy (non-hydrogen) atoms. The maximum atomic E-state index is 13.3. The van der Waals surface area contributed by atoms with E-state index in [2.05, 4.69) is 5.32 Å². The number of fused-ring (bicyclic) bond motifs is 1. The number of nitrogens with zero attached hydrogens (tertiary/aromatic N) is 2. The number of imidazole rings is 1. The Morgan fingerprint density at radius 2 is 1.47 bits per heavy atom. The van der Waals surface area contributed by atoms with Gasteiger partial charge in [0.25, 0.3) is 0 Å². The Labute approximate surface area is 215 Å². The summed E-state index contributed by atoms with van der Waals surface area (Å²) in [6.07, 6.45) is 0. The summed E-state index contributed by atoms with van der Waals surface area (Å²) in [7, 11) is 0. The smallest absolute Gasteiger partial charge is 0.327 e. The van der Waals surface area contributed by atoms with E-state index in [1.165, 1.54) is 11.8 Å². The van der Waals surface area contributed by atoms with Gasteiger partial charge in [-0.15, -0.1) is 0 Å². The zero-order valence-electron chi connectivity index (χ0n) is 20.7. The molecule has 4 aromatic rings. The van der Waals surface area contributed by atoms with E-state index in [1.807, 2.05) is 110 Å². The van der Waals surface area contributed by atoms with Crippen molar-refractivity contribution in [1.82, 2.24) is 14.9 Å². The standard InChI is InChI=1S/C29H31N3O3S/c1-29(2,3)25(27(34)35)32-23-17-11-10-16-22(23)31-28(32)36-19-18-30-26(33)24(20-12-6-4-7-13-20)21-14-8-5-9-15-21/h4-17,24-25H,18-19H2,1-3H3,(H,30,33)(H,34,35). The van der Waals surface area contributed by atoms with Gasteiger partial charge in [-0.1, -0.05) is 105 Å². The van der Waals surface area contributed by atoms with Crippen LogP contribution in [-0.2, 0) is 9.59 Å². The number of thioether (sulfide) groups is 1. The summed E-state index contributed by atoms with van der Waals surface area (Å²) < 4.78 is 1.82. The average Bonchev–Trinajstić information content (AvgIpc) is 3.20. The summed E-state index contributed by atoms with van der Waals surface area (Å²) in [5.41, 5.74) is 2.90. The minimum absolute atomic E-state index is 0.0698. The molecule has 0 saturated carbocycles. The van der Waals surface area contributed by atoms with Crippen molar-refractivity contribution in [3.63, 3.8) is 0 Å². The molecule has 1 heterocycles. The van der Waals surface area contributed by atoms with Crippen molar-refractivity contribution >= 4 is 34.7 Å². The monoisotopic (exact) mass is 501 g/mol. The molecule has 3 aromatic carbocycles. The van der Waals surface area contributed by atoms with Gasteiger partial charge < -0.3 is 15.0 Å². The first-order valence-corrected chi connectivity index (χ1v) is 13.0. The topological polar surface area (TPSA) is 84.2 Å². The third-order valence-corrected chi connectivity index (χ3v) is 6.99. The Morgan fingerprint density at radius 1 is 0.917 bits per heavy atom. The number of carboxylic acids is 1. The highest BCUT2D eigenvalue weighted by Gasteiger charge is 2.35. The molecule has 1 aromatic heterocycles. The number of hydrogen-bond acceptors (Lipinski definition) is 4. The van der Waals surface area contributed by atoms with Crippen LogP contribution in [0.25, 0.3) is 11.0 Å². The SMILES string of the molecule is CC(C)(C)C(C(=O)O)n1c(SCCNC(=O)C(c2ccccc2)c2ccccc2)nc2ccccc21. The van der Waals surface area contributed by atoms with E-state index in [0.717, 1.165) is 22.2 Å². The van der Waals surface area contributed by atoms with Crippen LogP contribution >= 0.6 is 11.8 Å². The number of rotatable bonds is 9. The van der Waals surface area contributed by atoms with Gasteiger partial charge in [0.15, 0.2) is 5.16 Å². The first-order valence-electron chi connectivity index (χ1n) is 12.0. The van der Waals surface area contributed by atoms with E-state index in [9.17, 15) is 14.7 Å². The Hall–Kier alpha value is -3.58. The lowest BCUT2D eigenvalue weighted by Crippen LogP contribution is -2.33. The Morgan fingerprint density at radius 3 is 2.03 bits per heavy atom. The highest BCUT2D eigenvalue weighted by atomic mass is 32.2. The van der Waals surface area contributed by atoms with E-state index in [-0.39, 0.29) is 5.91 Å². The molecule has 186 valence electrons. The van der Waals surface area contributed by atoms with Gasteiger partial charge in [0, 0.05) is 12.3 Å². The van der Waals surface area contributed by atoms with Crippen LogP contribution in [0, 0.1) is 5.41 Å². The number of carbonyl (C=O) groups is 2. The summed E-state index contributed by atoms with van der Waals surface area (Å²) in [5, 5.41) is 13.8. The Kier molecular flexibility index (Phi) is 7.79. The first-order chi connectivity index (χ1) is 17.3. The summed E-state index contributed by atoms with van der Waals surface area (Å²) in [4.78, 5) is 30.3. The molecule has 1 unspecified atom stereocenters. The molecule has 1 amide bonds. The second-order valence-corrected chi connectivity index (χ2v) is 10.8. The van der Waals surface area contributed by atoms with Crippen LogP contribution < -0.4 is 5.32 Å². The third kappa shape index (κ3) is 5.62. The van der Waals surface area contributed by atoms with E-state index in [0.29, 0.717) is 17.5 Å². The van der Waals surface area contributed by atoms with E-state index in [4.69, 9.17) is 4.98 Å². The molecule has 0 saturated heterocycles. The van der Waals surface area contributed by atoms with Gasteiger partial charge in [0.1, 0.15) is 6.04 Å². The number of carboxylic acid groups (broad SMARTS) is 1. The molecule has 0 spiro atoms. The van der Waals surface area contributed by atoms with Gasteiger partial charge in [0.2, 0.25) is 5.91 Å². The van der Waals surface area contributed by atoms with E-state index in [1.54, 1.807) is 0 Å². The average molecular weight is 502 g/mol. The van der Waals surface area contributed by atoms with Gasteiger partial charge in [0.05, 0.1) is 17.0 Å². The van der Waals surface area contributed by atoms with Crippen molar-refractivity contribution in [2.75, 3.05) is 12.3 Å². The molecule has 1 atom stereocenters. The fraction of sp³-hybridized carbons (Fsp3) is 0.276. The van der Waals surface area contributed by atoms with Gasteiger partial charge in [-0.2, -0.15) is 0 Å². The maximum Gasteiger partial charge on any atom is 0.327 e. The van der Waals surface area contributed by atoms with Crippen molar-refractivity contribution in [3.8, 4) is 0 Å². The molecular formula is C29H31N3O3S. The number of aliphatic carboxylic acids is 1. The molecule has 0 radical (unpaired) electrons.